The van der Waals surface area contributed by atoms with Gasteiger partial charge in [-0.05, 0) is 30.2 Å². The summed E-state index contributed by atoms with van der Waals surface area (Å²) in [5, 5.41) is 9.76. The normalized spacial score (nSPS) is 20.5. The molecule has 1 fully saturated rings. The first kappa shape index (κ1) is 23.9. The van der Waals surface area contributed by atoms with E-state index in [0.717, 1.165) is 29.1 Å². The van der Waals surface area contributed by atoms with Crippen LogP contribution in [0.3, 0.4) is 0 Å². The number of rotatable bonds is 2. The Morgan fingerprint density at radius 1 is 1.08 bits per heavy atom. The summed E-state index contributed by atoms with van der Waals surface area (Å²) in [5.41, 5.74) is 0.807. The predicted octanol–water partition coefficient (Wildman–Crippen LogP) is 3.15. The van der Waals surface area contributed by atoms with Gasteiger partial charge in [0.2, 0.25) is 5.91 Å². The van der Waals surface area contributed by atoms with Crippen molar-refractivity contribution in [3.63, 3.8) is 0 Å². The zero-order valence-electron chi connectivity index (χ0n) is 20.0. The zero-order chi connectivity index (χ0) is 25.4. The molecular weight excluding hydrogens is 468 g/mol. The number of fused-ring (bicyclic) bond motifs is 5. The quantitative estimate of drug-likeness (QED) is 0.505. The minimum absolute atomic E-state index is 0.0242. The van der Waals surface area contributed by atoms with Gasteiger partial charge in [-0.2, -0.15) is 0 Å². The highest BCUT2D eigenvalue weighted by molar-refractivity contribution is 5.93. The molecule has 188 valence electrons. The van der Waals surface area contributed by atoms with Gasteiger partial charge < -0.3 is 20.9 Å². The molecule has 1 saturated heterocycles. The number of piperazine rings is 1. The van der Waals surface area contributed by atoms with Crippen LogP contribution in [-0.2, 0) is 11.3 Å². The molecule has 5 rings (SSSR count). The molecule has 0 spiro atoms. The van der Waals surface area contributed by atoms with Gasteiger partial charge in [-0.1, -0.05) is 26.0 Å². The predicted molar refractivity (Wildman–Crippen MR) is 131 cm³/mol. The van der Waals surface area contributed by atoms with Gasteiger partial charge >= 0.3 is 6.03 Å². The van der Waals surface area contributed by atoms with Gasteiger partial charge in [0.25, 0.3) is 0 Å². The Morgan fingerprint density at radius 3 is 2.58 bits per heavy atom. The Kier molecular flexibility index (Phi) is 6.40. The van der Waals surface area contributed by atoms with Crippen LogP contribution in [0.15, 0.2) is 42.5 Å². The standard InChI is InChI=1S/C25H27F2N7O2/c1-14(2)22-24(35)31-21-13-34(25(36)28-17-10-15(26)9-16(27)11-17)8-7-33(21)12-20-29-19-6-4-3-5-18(19)23(30-20)32-22/h3-6,9-11,14,21-22H,7-8,12-13H2,1-2H3,(H,28,36)(H,31,35)(H,29,30,32)/t21?,22-/m0/s1. The first-order chi connectivity index (χ1) is 17.3. The average Bonchev–Trinajstić information content (AvgIpc) is 2.82. The molecule has 1 unspecified atom stereocenters. The van der Waals surface area contributed by atoms with Crippen molar-refractivity contribution in [3.8, 4) is 0 Å². The minimum atomic E-state index is -0.781. The molecular formula is C25H27F2N7O2. The molecule has 9 nitrogen and oxygen atoms in total. The lowest BCUT2D eigenvalue weighted by atomic mass is 10.0. The Hall–Kier alpha value is -3.86. The van der Waals surface area contributed by atoms with Crippen molar-refractivity contribution in [1.29, 1.82) is 0 Å². The molecule has 2 aliphatic rings. The van der Waals surface area contributed by atoms with E-state index >= 15 is 0 Å². The minimum Gasteiger partial charge on any atom is -0.358 e. The highest BCUT2D eigenvalue weighted by Gasteiger charge is 2.35. The smallest absolute Gasteiger partial charge is 0.322 e. The monoisotopic (exact) mass is 495 g/mol. The van der Waals surface area contributed by atoms with E-state index in [1.165, 1.54) is 4.90 Å². The van der Waals surface area contributed by atoms with E-state index in [4.69, 9.17) is 9.97 Å². The SMILES string of the molecule is CC(C)[C@@H]1Nc2nc(nc3ccccc23)CN2CCN(C(=O)Nc3cc(F)cc(F)c3)CC2NC1=O. The Morgan fingerprint density at radius 2 is 1.83 bits per heavy atom. The zero-order valence-corrected chi connectivity index (χ0v) is 20.0. The second-order valence-electron chi connectivity index (χ2n) is 9.40. The summed E-state index contributed by atoms with van der Waals surface area (Å²) in [6.45, 7) is 5.25. The second kappa shape index (κ2) is 9.65. The lowest BCUT2D eigenvalue weighted by molar-refractivity contribution is -0.125. The maximum atomic E-state index is 13.6. The Bertz CT molecular complexity index is 1300. The summed E-state index contributed by atoms with van der Waals surface area (Å²) in [5.74, 6) is -0.592. The maximum absolute atomic E-state index is 13.6. The van der Waals surface area contributed by atoms with Crippen LogP contribution in [0.4, 0.5) is 25.1 Å². The van der Waals surface area contributed by atoms with Crippen LogP contribution < -0.4 is 16.0 Å². The van der Waals surface area contributed by atoms with Gasteiger partial charge in [-0.3, -0.25) is 9.69 Å². The molecule has 2 bridgehead atoms. The number of urea groups is 1. The number of nitrogens with zero attached hydrogens (tertiary/aromatic N) is 4. The van der Waals surface area contributed by atoms with Crippen LogP contribution in [0.5, 0.6) is 0 Å². The molecule has 3 aromatic rings. The van der Waals surface area contributed by atoms with Gasteiger partial charge in [0.05, 0.1) is 18.6 Å². The molecule has 0 saturated carbocycles. The molecule has 36 heavy (non-hydrogen) atoms. The fourth-order valence-corrected chi connectivity index (χ4v) is 4.58. The van der Waals surface area contributed by atoms with Crippen LogP contribution in [0.25, 0.3) is 10.9 Å². The van der Waals surface area contributed by atoms with Gasteiger partial charge in [0.15, 0.2) is 0 Å². The topological polar surface area (TPSA) is 102 Å². The number of halogens is 2. The lowest BCUT2D eigenvalue weighted by Crippen LogP contribution is -2.63. The summed E-state index contributed by atoms with van der Waals surface area (Å²) in [6.07, 6.45) is -0.499. The van der Waals surface area contributed by atoms with E-state index < -0.39 is 29.9 Å². The molecule has 1 aromatic heterocycles. The molecule has 3 N–H and O–H groups in total. The van der Waals surface area contributed by atoms with Crippen LogP contribution in [0, 0.1) is 17.6 Å². The molecule has 2 aliphatic heterocycles. The fourth-order valence-electron chi connectivity index (χ4n) is 4.58. The van der Waals surface area contributed by atoms with Crippen molar-refractivity contribution in [2.75, 3.05) is 30.3 Å². The molecule has 2 atom stereocenters. The van der Waals surface area contributed by atoms with E-state index in [1.807, 2.05) is 43.0 Å². The third kappa shape index (κ3) is 4.92. The van der Waals surface area contributed by atoms with E-state index in [2.05, 4.69) is 16.0 Å². The number of benzene rings is 2. The molecule has 0 radical (unpaired) electrons. The molecule has 3 heterocycles. The number of para-hydroxylation sites is 1. The second-order valence-corrected chi connectivity index (χ2v) is 9.40. The van der Waals surface area contributed by atoms with Crippen molar-refractivity contribution in [3.05, 3.63) is 59.9 Å². The highest BCUT2D eigenvalue weighted by Crippen LogP contribution is 2.25. The molecule has 11 heteroatoms. The van der Waals surface area contributed by atoms with E-state index in [0.29, 0.717) is 31.3 Å². The van der Waals surface area contributed by atoms with Crippen LogP contribution >= 0.6 is 0 Å². The molecule has 3 amide bonds. The largest absolute Gasteiger partial charge is 0.358 e. The van der Waals surface area contributed by atoms with E-state index in [9.17, 15) is 18.4 Å². The summed E-state index contributed by atoms with van der Waals surface area (Å²) in [6, 6.07) is 9.43. The lowest BCUT2D eigenvalue weighted by Gasteiger charge is -2.42. The molecule has 0 aliphatic carbocycles. The maximum Gasteiger partial charge on any atom is 0.322 e. The first-order valence-electron chi connectivity index (χ1n) is 11.9. The number of hydrogen-bond donors (Lipinski definition) is 3. The van der Waals surface area contributed by atoms with Crippen LogP contribution in [0.2, 0.25) is 0 Å². The summed E-state index contributed by atoms with van der Waals surface area (Å²) >= 11 is 0. The van der Waals surface area contributed by atoms with Gasteiger partial charge in [0, 0.05) is 30.2 Å². The Balaban J connectivity index is 1.42. The third-order valence-electron chi connectivity index (χ3n) is 6.44. The number of anilines is 2. The van der Waals surface area contributed by atoms with Gasteiger partial charge in [-0.15, -0.1) is 0 Å². The number of hydrogen-bond acceptors (Lipinski definition) is 6. The van der Waals surface area contributed by atoms with Crippen molar-refractivity contribution < 1.29 is 18.4 Å². The fraction of sp³-hybridized carbons (Fsp3) is 0.360. The summed E-state index contributed by atoms with van der Waals surface area (Å²) in [4.78, 5) is 39.2. The number of aromatic nitrogens is 2. The van der Waals surface area contributed by atoms with E-state index in [-0.39, 0.29) is 24.1 Å². The van der Waals surface area contributed by atoms with Crippen molar-refractivity contribution in [2.24, 2.45) is 5.92 Å². The molecule has 2 aromatic carbocycles. The van der Waals surface area contributed by atoms with Gasteiger partial charge in [-0.25, -0.2) is 23.5 Å². The number of nitrogens with one attached hydrogen (secondary N) is 3. The summed E-state index contributed by atoms with van der Waals surface area (Å²) < 4.78 is 27.1. The average molecular weight is 496 g/mol. The third-order valence-corrected chi connectivity index (χ3v) is 6.44. The van der Waals surface area contributed by atoms with Gasteiger partial charge in [0.1, 0.15) is 35.5 Å². The Labute approximate surface area is 206 Å². The number of carbonyl (C=O) groups is 2. The van der Waals surface area contributed by atoms with Crippen LogP contribution in [-0.4, -0.2) is 63.5 Å². The van der Waals surface area contributed by atoms with Crippen LogP contribution in [0.1, 0.15) is 19.7 Å². The van der Waals surface area contributed by atoms with Crippen molar-refractivity contribution in [1.82, 2.24) is 25.1 Å². The van der Waals surface area contributed by atoms with E-state index in [1.54, 1.807) is 0 Å². The van der Waals surface area contributed by atoms with Crippen molar-refractivity contribution in [2.45, 2.75) is 32.6 Å². The summed E-state index contributed by atoms with van der Waals surface area (Å²) in [7, 11) is 0. The number of carbonyl (C=O) groups excluding carboxylic acids is 2. The van der Waals surface area contributed by atoms with Crippen molar-refractivity contribution >= 4 is 34.3 Å². The highest BCUT2D eigenvalue weighted by atomic mass is 19.1. The first-order valence-corrected chi connectivity index (χ1v) is 11.9. The number of amides is 3.